The summed E-state index contributed by atoms with van der Waals surface area (Å²) in [7, 11) is 0. The molecule has 9 nitrogen and oxygen atoms in total. The standard InChI is InChI=1S/C35H41N3O6/c1-4-43-31(39)21-20-29(22-26-14-8-5-9-15-26)36-33(40)30(23-27-16-10-6-11-17-27)37-34(41)32(25(2)3)38-35(42)44-24-28-18-12-7-13-19-28/h5-21,25,29-30,32H,4,22-24H2,1-3H3,(H,36,40)(H,37,41)(H,38,42)/b21-20+/t29-,30+,32+/m1/s1. The van der Waals surface area contributed by atoms with E-state index in [0.717, 1.165) is 16.7 Å². The van der Waals surface area contributed by atoms with Crippen LogP contribution in [0.3, 0.4) is 0 Å². The molecule has 9 heteroatoms. The number of esters is 1. The van der Waals surface area contributed by atoms with Crippen LogP contribution in [0.4, 0.5) is 4.79 Å². The Balaban J connectivity index is 1.76. The third kappa shape index (κ3) is 11.8. The van der Waals surface area contributed by atoms with E-state index < -0.39 is 42.0 Å². The second-order valence-electron chi connectivity index (χ2n) is 10.6. The predicted octanol–water partition coefficient (Wildman–Crippen LogP) is 4.51. The van der Waals surface area contributed by atoms with Gasteiger partial charge in [0, 0.05) is 12.5 Å². The number of nitrogens with one attached hydrogen (secondary N) is 3. The van der Waals surface area contributed by atoms with Gasteiger partial charge in [-0.2, -0.15) is 0 Å². The summed E-state index contributed by atoms with van der Waals surface area (Å²) in [6.07, 6.45) is 2.77. The van der Waals surface area contributed by atoms with Gasteiger partial charge in [0.1, 0.15) is 18.7 Å². The van der Waals surface area contributed by atoms with Crippen molar-refractivity contribution in [3.8, 4) is 0 Å². The summed E-state index contributed by atoms with van der Waals surface area (Å²) in [6.45, 7) is 5.59. The van der Waals surface area contributed by atoms with Crippen molar-refractivity contribution in [1.82, 2.24) is 16.0 Å². The van der Waals surface area contributed by atoms with Crippen LogP contribution in [0.25, 0.3) is 0 Å². The van der Waals surface area contributed by atoms with E-state index in [9.17, 15) is 19.2 Å². The Hall–Kier alpha value is -4.92. The van der Waals surface area contributed by atoms with E-state index in [2.05, 4.69) is 16.0 Å². The quantitative estimate of drug-likeness (QED) is 0.175. The first-order valence-electron chi connectivity index (χ1n) is 14.8. The van der Waals surface area contributed by atoms with Gasteiger partial charge in [0.25, 0.3) is 0 Å². The van der Waals surface area contributed by atoms with Crippen molar-refractivity contribution in [2.45, 2.75) is 58.3 Å². The summed E-state index contributed by atoms with van der Waals surface area (Å²) < 4.78 is 10.3. The largest absolute Gasteiger partial charge is 0.463 e. The molecule has 0 heterocycles. The van der Waals surface area contributed by atoms with Crippen LogP contribution in [-0.2, 0) is 43.3 Å². The van der Waals surface area contributed by atoms with Gasteiger partial charge in [-0.15, -0.1) is 0 Å². The lowest BCUT2D eigenvalue weighted by atomic mass is 10.00. The Bertz CT molecular complexity index is 1360. The lowest BCUT2D eigenvalue weighted by molar-refractivity contribution is -0.137. The molecule has 0 spiro atoms. The molecule has 232 valence electrons. The Kier molecular flexibility index (Phi) is 13.7. The van der Waals surface area contributed by atoms with Gasteiger partial charge in [0.05, 0.1) is 12.6 Å². The van der Waals surface area contributed by atoms with Crippen molar-refractivity contribution in [2.24, 2.45) is 5.92 Å². The highest BCUT2D eigenvalue weighted by atomic mass is 16.5. The average molecular weight is 600 g/mol. The molecule has 0 aliphatic carbocycles. The molecule has 0 aliphatic rings. The van der Waals surface area contributed by atoms with Crippen LogP contribution in [0, 0.1) is 5.92 Å². The van der Waals surface area contributed by atoms with E-state index in [4.69, 9.17) is 9.47 Å². The smallest absolute Gasteiger partial charge is 0.408 e. The summed E-state index contributed by atoms with van der Waals surface area (Å²) in [4.78, 5) is 51.9. The lowest BCUT2D eigenvalue weighted by Crippen LogP contribution is -2.57. The first kappa shape index (κ1) is 33.6. The van der Waals surface area contributed by atoms with E-state index in [1.807, 2.05) is 91.0 Å². The van der Waals surface area contributed by atoms with Gasteiger partial charge in [-0.3, -0.25) is 9.59 Å². The van der Waals surface area contributed by atoms with Gasteiger partial charge in [-0.1, -0.05) is 111 Å². The molecule has 0 radical (unpaired) electrons. The number of rotatable bonds is 15. The number of hydrogen-bond donors (Lipinski definition) is 3. The number of benzene rings is 3. The van der Waals surface area contributed by atoms with Crippen molar-refractivity contribution < 1.29 is 28.7 Å². The molecule has 3 rings (SSSR count). The summed E-state index contributed by atoms with van der Waals surface area (Å²) in [5.41, 5.74) is 2.61. The third-order valence-corrected chi connectivity index (χ3v) is 6.73. The molecule has 0 saturated carbocycles. The van der Waals surface area contributed by atoms with Gasteiger partial charge in [0.2, 0.25) is 11.8 Å². The number of amides is 3. The number of carbonyl (C=O) groups excluding carboxylic acids is 4. The zero-order valence-corrected chi connectivity index (χ0v) is 25.4. The normalized spacial score (nSPS) is 13.0. The molecular weight excluding hydrogens is 558 g/mol. The van der Waals surface area contributed by atoms with Crippen LogP contribution >= 0.6 is 0 Å². The highest BCUT2D eigenvalue weighted by Crippen LogP contribution is 2.10. The zero-order valence-electron chi connectivity index (χ0n) is 25.4. The summed E-state index contributed by atoms with van der Waals surface area (Å²) in [5.74, 6) is -1.77. The fourth-order valence-electron chi connectivity index (χ4n) is 4.45. The van der Waals surface area contributed by atoms with E-state index in [1.165, 1.54) is 6.08 Å². The molecule has 0 saturated heterocycles. The van der Waals surface area contributed by atoms with Crippen molar-refractivity contribution in [1.29, 1.82) is 0 Å². The number of hydrogen-bond acceptors (Lipinski definition) is 6. The topological polar surface area (TPSA) is 123 Å². The SMILES string of the molecule is CCOC(=O)/C=C/[C@H](Cc1ccccc1)NC(=O)[C@H](Cc1ccccc1)NC(=O)[C@@H](NC(=O)OCc1ccccc1)C(C)C. The monoisotopic (exact) mass is 599 g/mol. The molecule has 44 heavy (non-hydrogen) atoms. The van der Waals surface area contributed by atoms with E-state index in [1.54, 1.807) is 26.8 Å². The lowest BCUT2D eigenvalue weighted by Gasteiger charge is -2.26. The van der Waals surface area contributed by atoms with Gasteiger partial charge in [-0.25, -0.2) is 9.59 Å². The van der Waals surface area contributed by atoms with Crippen molar-refractivity contribution >= 4 is 23.9 Å². The van der Waals surface area contributed by atoms with Crippen LogP contribution in [0.1, 0.15) is 37.5 Å². The summed E-state index contributed by atoms with van der Waals surface area (Å²) in [6, 6.07) is 25.6. The van der Waals surface area contributed by atoms with Gasteiger partial charge < -0.3 is 25.4 Å². The zero-order chi connectivity index (χ0) is 31.7. The predicted molar refractivity (Wildman–Crippen MR) is 168 cm³/mol. The van der Waals surface area contributed by atoms with Crippen LogP contribution in [0.5, 0.6) is 0 Å². The van der Waals surface area contributed by atoms with Crippen molar-refractivity contribution in [3.63, 3.8) is 0 Å². The molecule has 0 unspecified atom stereocenters. The second kappa shape index (κ2) is 17.9. The third-order valence-electron chi connectivity index (χ3n) is 6.73. The minimum atomic E-state index is -0.970. The fraction of sp³-hybridized carbons (Fsp3) is 0.314. The second-order valence-corrected chi connectivity index (χ2v) is 10.6. The Morgan fingerprint density at radius 1 is 0.682 bits per heavy atom. The molecule has 3 aromatic carbocycles. The van der Waals surface area contributed by atoms with Gasteiger partial charge >= 0.3 is 12.1 Å². The van der Waals surface area contributed by atoms with E-state index in [-0.39, 0.29) is 25.6 Å². The molecule has 3 amide bonds. The first-order valence-corrected chi connectivity index (χ1v) is 14.8. The van der Waals surface area contributed by atoms with Crippen LogP contribution < -0.4 is 16.0 Å². The molecule has 0 aliphatic heterocycles. The van der Waals surface area contributed by atoms with Crippen LogP contribution in [0.2, 0.25) is 0 Å². The number of ether oxygens (including phenoxy) is 2. The maximum Gasteiger partial charge on any atom is 0.408 e. The molecule has 3 atom stereocenters. The summed E-state index contributed by atoms with van der Waals surface area (Å²) in [5, 5.41) is 8.46. The van der Waals surface area contributed by atoms with Crippen molar-refractivity contribution in [2.75, 3.05) is 6.61 Å². The molecular formula is C35H41N3O6. The van der Waals surface area contributed by atoms with E-state index >= 15 is 0 Å². The number of carbonyl (C=O) groups is 4. The Morgan fingerprint density at radius 3 is 1.77 bits per heavy atom. The molecule has 3 aromatic rings. The Morgan fingerprint density at radius 2 is 1.23 bits per heavy atom. The number of alkyl carbamates (subject to hydrolysis) is 1. The molecule has 0 aromatic heterocycles. The molecule has 3 N–H and O–H groups in total. The minimum absolute atomic E-state index is 0.0558. The highest BCUT2D eigenvalue weighted by molar-refractivity contribution is 5.92. The first-order chi connectivity index (χ1) is 21.2. The maximum atomic E-state index is 13.7. The van der Waals surface area contributed by atoms with Crippen LogP contribution in [-0.4, -0.2) is 48.6 Å². The van der Waals surface area contributed by atoms with Gasteiger partial charge in [0.15, 0.2) is 0 Å². The Labute approximate surface area is 259 Å². The van der Waals surface area contributed by atoms with Crippen LogP contribution in [0.15, 0.2) is 103 Å². The average Bonchev–Trinajstić information content (AvgIpc) is 3.02. The van der Waals surface area contributed by atoms with Crippen molar-refractivity contribution in [3.05, 3.63) is 120 Å². The maximum absolute atomic E-state index is 13.7. The molecule has 0 bridgehead atoms. The summed E-state index contributed by atoms with van der Waals surface area (Å²) >= 11 is 0. The highest BCUT2D eigenvalue weighted by Gasteiger charge is 2.30. The molecule has 0 fully saturated rings. The van der Waals surface area contributed by atoms with E-state index in [0.29, 0.717) is 6.42 Å². The minimum Gasteiger partial charge on any atom is -0.463 e. The van der Waals surface area contributed by atoms with Gasteiger partial charge in [-0.05, 0) is 36.0 Å². The fourth-order valence-corrected chi connectivity index (χ4v) is 4.45.